The summed E-state index contributed by atoms with van der Waals surface area (Å²) in [5.41, 5.74) is 12.2. The molecule has 0 unspecified atom stereocenters. The second-order valence-corrected chi connectivity index (χ2v) is 11.7. The summed E-state index contributed by atoms with van der Waals surface area (Å²) in [7, 11) is 0. The monoisotopic (exact) mass is 585 g/mol. The van der Waals surface area contributed by atoms with Gasteiger partial charge in [-0.3, -0.25) is 0 Å². The van der Waals surface area contributed by atoms with Crippen LogP contribution in [0.25, 0.3) is 82.1 Å². The first-order valence-corrected chi connectivity index (χ1v) is 15.5. The standard InChI is InChI=1S/C43H27N3/c1-44-33-21-24-38-36-14-5-7-16-40(36)45(43(38)28-33)34-22-18-30(19-23-34)32-20-25-42-39(27-32)37-15-6-8-17-41(37)46(42)35-13-9-12-31(26-35)29-10-3-2-4-11-29/h2-28H. The number of para-hydroxylation sites is 2. The van der Waals surface area contributed by atoms with Crippen LogP contribution < -0.4 is 0 Å². The molecule has 3 heteroatoms. The van der Waals surface area contributed by atoms with Crippen molar-refractivity contribution in [3.05, 3.63) is 175 Å². The van der Waals surface area contributed by atoms with E-state index in [0.29, 0.717) is 5.69 Å². The van der Waals surface area contributed by atoms with Crippen molar-refractivity contribution in [3.63, 3.8) is 0 Å². The molecule has 0 spiro atoms. The molecule has 9 aromatic rings. The van der Waals surface area contributed by atoms with Gasteiger partial charge in [0, 0.05) is 38.4 Å². The zero-order valence-electron chi connectivity index (χ0n) is 24.9. The highest BCUT2D eigenvalue weighted by Crippen LogP contribution is 2.37. The Kier molecular flexibility index (Phi) is 5.88. The Labute approximate surface area is 266 Å². The van der Waals surface area contributed by atoms with Crippen LogP contribution in [0, 0.1) is 6.57 Å². The molecule has 0 atom stereocenters. The molecule has 0 aliphatic rings. The van der Waals surface area contributed by atoms with E-state index in [-0.39, 0.29) is 0 Å². The number of fused-ring (bicyclic) bond motifs is 6. The van der Waals surface area contributed by atoms with Gasteiger partial charge in [0.1, 0.15) is 0 Å². The quantitative estimate of drug-likeness (QED) is 0.182. The number of nitrogens with zero attached hydrogens (tertiary/aromatic N) is 3. The first-order valence-electron chi connectivity index (χ1n) is 15.5. The van der Waals surface area contributed by atoms with Crippen LogP contribution in [0.1, 0.15) is 0 Å². The molecule has 214 valence electrons. The van der Waals surface area contributed by atoms with E-state index in [2.05, 4.69) is 166 Å². The Morgan fingerprint density at radius 1 is 0.348 bits per heavy atom. The maximum absolute atomic E-state index is 7.57. The molecule has 0 saturated heterocycles. The normalized spacial score (nSPS) is 11.5. The Bertz CT molecular complexity index is 2630. The highest BCUT2D eigenvalue weighted by atomic mass is 15.0. The fourth-order valence-electron chi connectivity index (χ4n) is 7.00. The highest BCUT2D eigenvalue weighted by molar-refractivity contribution is 6.11. The summed E-state index contributed by atoms with van der Waals surface area (Å²) in [5.74, 6) is 0. The van der Waals surface area contributed by atoms with E-state index in [1.807, 2.05) is 12.1 Å². The minimum Gasteiger partial charge on any atom is -0.311 e. The molecule has 0 saturated carbocycles. The van der Waals surface area contributed by atoms with E-state index in [1.54, 1.807) is 0 Å². The molecule has 2 aromatic heterocycles. The number of benzene rings is 7. The number of hydrogen-bond acceptors (Lipinski definition) is 0. The van der Waals surface area contributed by atoms with E-state index in [4.69, 9.17) is 6.57 Å². The Hall–Kier alpha value is -6.37. The Balaban J connectivity index is 1.16. The van der Waals surface area contributed by atoms with Crippen molar-refractivity contribution in [3.8, 4) is 33.6 Å². The first-order chi connectivity index (χ1) is 22.8. The van der Waals surface area contributed by atoms with Crippen molar-refractivity contribution in [2.24, 2.45) is 0 Å². The largest absolute Gasteiger partial charge is 0.311 e. The summed E-state index contributed by atoms with van der Waals surface area (Å²) in [5, 5.41) is 4.82. The number of rotatable bonds is 4. The lowest BCUT2D eigenvalue weighted by atomic mass is 10.0. The molecule has 46 heavy (non-hydrogen) atoms. The van der Waals surface area contributed by atoms with Crippen molar-refractivity contribution in [1.29, 1.82) is 0 Å². The number of aromatic nitrogens is 2. The van der Waals surface area contributed by atoms with Gasteiger partial charge >= 0.3 is 0 Å². The van der Waals surface area contributed by atoms with Crippen molar-refractivity contribution >= 4 is 49.3 Å². The lowest BCUT2D eigenvalue weighted by Gasteiger charge is -2.11. The molecule has 7 aromatic carbocycles. The summed E-state index contributed by atoms with van der Waals surface area (Å²) in [6.07, 6.45) is 0. The molecular weight excluding hydrogens is 558 g/mol. The second kappa shape index (κ2) is 10.4. The van der Waals surface area contributed by atoms with Gasteiger partial charge in [0.15, 0.2) is 5.69 Å². The smallest absolute Gasteiger partial charge is 0.189 e. The van der Waals surface area contributed by atoms with Gasteiger partial charge in [0.25, 0.3) is 0 Å². The van der Waals surface area contributed by atoms with E-state index in [0.717, 1.165) is 33.4 Å². The van der Waals surface area contributed by atoms with Crippen LogP contribution in [-0.2, 0) is 0 Å². The average Bonchev–Trinajstić information content (AvgIpc) is 3.64. The molecule has 0 N–H and O–H groups in total. The molecular formula is C43H27N3. The zero-order valence-corrected chi connectivity index (χ0v) is 24.9. The summed E-state index contributed by atoms with van der Waals surface area (Å²) in [4.78, 5) is 3.70. The van der Waals surface area contributed by atoms with E-state index < -0.39 is 0 Å². The van der Waals surface area contributed by atoms with Crippen molar-refractivity contribution in [2.75, 3.05) is 0 Å². The van der Waals surface area contributed by atoms with Crippen LogP contribution >= 0.6 is 0 Å². The third kappa shape index (κ3) is 4.05. The van der Waals surface area contributed by atoms with E-state index >= 15 is 0 Å². The molecule has 0 amide bonds. The van der Waals surface area contributed by atoms with Crippen LogP contribution in [0.4, 0.5) is 5.69 Å². The summed E-state index contributed by atoms with van der Waals surface area (Å²) >= 11 is 0. The molecule has 2 heterocycles. The highest BCUT2D eigenvalue weighted by Gasteiger charge is 2.15. The van der Waals surface area contributed by atoms with Gasteiger partial charge in [-0.05, 0) is 76.9 Å². The maximum atomic E-state index is 7.57. The molecule has 0 aliphatic carbocycles. The van der Waals surface area contributed by atoms with Crippen LogP contribution in [0.5, 0.6) is 0 Å². The summed E-state index contributed by atoms with van der Waals surface area (Å²) < 4.78 is 4.65. The van der Waals surface area contributed by atoms with Crippen LogP contribution in [0.3, 0.4) is 0 Å². The van der Waals surface area contributed by atoms with Crippen molar-refractivity contribution in [1.82, 2.24) is 9.13 Å². The first kappa shape index (κ1) is 26.1. The molecule has 0 aliphatic heterocycles. The van der Waals surface area contributed by atoms with Crippen LogP contribution in [0.2, 0.25) is 0 Å². The minimum absolute atomic E-state index is 0.646. The fraction of sp³-hybridized carbons (Fsp3) is 0. The van der Waals surface area contributed by atoms with Gasteiger partial charge in [0.2, 0.25) is 0 Å². The van der Waals surface area contributed by atoms with Crippen molar-refractivity contribution in [2.45, 2.75) is 0 Å². The SMILES string of the molecule is [C-]#[N+]c1ccc2c3ccccc3n(-c3ccc(-c4ccc5c(c4)c4ccccc4n5-c4cccc(-c5ccccc5)c4)cc3)c2c1. The molecule has 0 radical (unpaired) electrons. The van der Waals surface area contributed by atoms with E-state index in [1.165, 1.54) is 43.9 Å². The molecule has 3 nitrogen and oxygen atoms in total. The van der Waals surface area contributed by atoms with Crippen LogP contribution in [-0.4, -0.2) is 9.13 Å². The summed E-state index contributed by atoms with van der Waals surface area (Å²) in [6.45, 7) is 7.57. The predicted molar refractivity (Wildman–Crippen MR) is 192 cm³/mol. The van der Waals surface area contributed by atoms with E-state index in [9.17, 15) is 0 Å². The Morgan fingerprint density at radius 2 is 0.913 bits per heavy atom. The predicted octanol–water partition coefficient (Wildman–Crippen LogP) is 11.8. The summed E-state index contributed by atoms with van der Waals surface area (Å²) in [6, 6.07) is 58.1. The zero-order chi connectivity index (χ0) is 30.6. The van der Waals surface area contributed by atoms with Gasteiger partial charge in [-0.1, -0.05) is 109 Å². The molecule has 9 rings (SSSR count). The molecule has 0 bridgehead atoms. The van der Waals surface area contributed by atoms with Gasteiger partial charge in [-0.2, -0.15) is 0 Å². The number of hydrogen-bond donors (Lipinski definition) is 0. The van der Waals surface area contributed by atoms with Gasteiger partial charge < -0.3 is 9.13 Å². The van der Waals surface area contributed by atoms with Gasteiger partial charge in [0.05, 0.1) is 23.1 Å². The lowest BCUT2D eigenvalue weighted by Crippen LogP contribution is -1.94. The molecule has 0 fully saturated rings. The second-order valence-electron chi connectivity index (χ2n) is 11.7. The maximum Gasteiger partial charge on any atom is 0.189 e. The van der Waals surface area contributed by atoms with Crippen molar-refractivity contribution < 1.29 is 0 Å². The average molecular weight is 586 g/mol. The minimum atomic E-state index is 0.646. The topological polar surface area (TPSA) is 14.2 Å². The van der Waals surface area contributed by atoms with Crippen LogP contribution in [0.15, 0.2) is 164 Å². The van der Waals surface area contributed by atoms with Gasteiger partial charge in [-0.25, -0.2) is 4.85 Å². The lowest BCUT2D eigenvalue weighted by molar-refractivity contribution is 1.18. The third-order valence-electron chi connectivity index (χ3n) is 9.13. The third-order valence-corrected chi connectivity index (χ3v) is 9.13. The van der Waals surface area contributed by atoms with Gasteiger partial charge in [-0.15, -0.1) is 0 Å². The fourth-order valence-corrected chi connectivity index (χ4v) is 7.00. The Morgan fingerprint density at radius 3 is 1.67 bits per heavy atom.